The number of likely N-dealkylation sites (tertiary alicyclic amines) is 2. The quantitative estimate of drug-likeness (QED) is 0.679. The van der Waals surface area contributed by atoms with Crippen molar-refractivity contribution < 1.29 is 33.0 Å². The van der Waals surface area contributed by atoms with Gasteiger partial charge in [0.15, 0.2) is 0 Å². The topological polar surface area (TPSA) is 99.2 Å². The number of piperidine rings is 1. The Labute approximate surface area is 185 Å². The SMILES string of the molecule is CC(C)(C)OC(=O)N1CCC(N2CC[C@](O)(C(=O)NCc3cc(F)cc(F)c3)C2=O)CC1. The van der Waals surface area contributed by atoms with Crippen LogP contribution in [0, 0.1) is 11.6 Å². The van der Waals surface area contributed by atoms with Gasteiger partial charge in [0.2, 0.25) is 5.60 Å². The number of hydrogen-bond donors (Lipinski definition) is 2. The Morgan fingerprint density at radius 2 is 1.75 bits per heavy atom. The molecule has 2 saturated heterocycles. The lowest BCUT2D eigenvalue weighted by atomic mass is 10.00. The molecule has 8 nitrogen and oxygen atoms in total. The van der Waals surface area contributed by atoms with Gasteiger partial charge >= 0.3 is 6.09 Å². The molecule has 0 spiro atoms. The van der Waals surface area contributed by atoms with Crippen LogP contribution in [0.2, 0.25) is 0 Å². The van der Waals surface area contributed by atoms with E-state index in [1.165, 1.54) is 4.90 Å². The summed E-state index contributed by atoms with van der Waals surface area (Å²) in [5.74, 6) is -3.17. The summed E-state index contributed by atoms with van der Waals surface area (Å²) < 4.78 is 32.0. The lowest BCUT2D eigenvalue weighted by Crippen LogP contribution is -2.55. The fourth-order valence-electron chi connectivity index (χ4n) is 4.02. The molecule has 2 aliphatic rings. The van der Waals surface area contributed by atoms with Crippen LogP contribution in [0.3, 0.4) is 0 Å². The summed E-state index contributed by atoms with van der Waals surface area (Å²) in [4.78, 5) is 40.7. The third kappa shape index (κ3) is 5.35. The molecule has 32 heavy (non-hydrogen) atoms. The summed E-state index contributed by atoms with van der Waals surface area (Å²) in [5, 5.41) is 13.1. The van der Waals surface area contributed by atoms with Crippen LogP contribution in [0.1, 0.15) is 45.6 Å². The predicted molar refractivity (Wildman–Crippen MR) is 110 cm³/mol. The van der Waals surface area contributed by atoms with Crippen LogP contribution in [0.25, 0.3) is 0 Å². The van der Waals surface area contributed by atoms with Gasteiger partial charge in [0, 0.05) is 44.7 Å². The van der Waals surface area contributed by atoms with Gasteiger partial charge in [-0.15, -0.1) is 0 Å². The molecule has 2 fully saturated rings. The molecular weight excluding hydrogens is 424 g/mol. The molecule has 1 atom stereocenters. The number of nitrogens with zero attached hydrogens (tertiary/aromatic N) is 2. The highest BCUT2D eigenvalue weighted by Crippen LogP contribution is 2.29. The molecule has 0 saturated carbocycles. The third-order valence-corrected chi connectivity index (χ3v) is 5.64. The Hall–Kier alpha value is -2.75. The standard InChI is InChI=1S/C22H29F2N3O5/c1-21(2,3)32-20(30)26-7-4-17(5-8-26)27-9-6-22(31,19(27)29)18(28)25-13-14-10-15(23)12-16(24)11-14/h10-12,17,31H,4-9,13H2,1-3H3,(H,25,28)/t22-/m0/s1. The van der Waals surface area contributed by atoms with Crippen molar-refractivity contribution in [2.75, 3.05) is 19.6 Å². The largest absolute Gasteiger partial charge is 0.444 e. The molecule has 10 heteroatoms. The van der Waals surface area contributed by atoms with E-state index in [1.54, 1.807) is 25.7 Å². The highest BCUT2D eigenvalue weighted by Gasteiger charge is 2.53. The number of amides is 3. The fourth-order valence-corrected chi connectivity index (χ4v) is 4.02. The van der Waals surface area contributed by atoms with E-state index < -0.39 is 40.7 Å². The molecule has 0 bridgehead atoms. The van der Waals surface area contributed by atoms with Crippen LogP contribution in [-0.2, 0) is 20.9 Å². The number of hydrogen-bond acceptors (Lipinski definition) is 5. The van der Waals surface area contributed by atoms with E-state index >= 15 is 0 Å². The number of ether oxygens (including phenoxy) is 1. The van der Waals surface area contributed by atoms with Crippen molar-refractivity contribution >= 4 is 17.9 Å². The van der Waals surface area contributed by atoms with E-state index in [0.717, 1.165) is 12.1 Å². The third-order valence-electron chi connectivity index (χ3n) is 5.64. The summed E-state index contributed by atoms with van der Waals surface area (Å²) in [5.41, 5.74) is -2.65. The van der Waals surface area contributed by atoms with E-state index in [1.807, 2.05) is 0 Å². The summed E-state index contributed by atoms with van der Waals surface area (Å²) in [6.07, 6.45) is 0.520. The minimum absolute atomic E-state index is 0.0819. The monoisotopic (exact) mass is 453 g/mol. The van der Waals surface area contributed by atoms with Crippen LogP contribution >= 0.6 is 0 Å². The van der Waals surface area contributed by atoms with E-state index in [0.29, 0.717) is 32.0 Å². The first-order chi connectivity index (χ1) is 14.9. The van der Waals surface area contributed by atoms with Gasteiger partial charge in [-0.25, -0.2) is 13.6 Å². The van der Waals surface area contributed by atoms with Crippen LogP contribution in [0.5, 0.6) is 0 Å². The zero-order valence-electron chi connectivity index (χ0n) is 18.5. The highest BCUT2D eigenvalue weighted by atomic mass is 19.1. The Morgan fingerprint density at radius 1 is 1.16 bits per heavy atom. The first-order valence-corrected chi connectivity index (χ1v) is 10.6. The van der Waals surface area contributed by atoms with Gasteiger partial charge in [-0.05, 0) is 51.3 Å². The maximum Gasteiger partial charge on any atom is 0.410 e. The first-order valence-electron chi connectivity index (χ1n) is 10.6. The van der Waals surface area contributed by atoms with E-state index in [2.05, 4.69) is 5.32 Å². The molecule has 1 aromatic carbocycles. The number of rotatable bonds is 4. The first kappa shape index (κ1) is 23.9. The second-order valence-corrected chi connectivity index (χ2v) is 9.27. The summed E-state index contributed by atoms with van der Waals surface area (Å²) >= 11 is 0. The molecular formula is C22H29F2N3O5. The Bertz CT molecular complexity index is 876. The highest BCUT2D eigenvalue weighted by molar-refractivity contribution is 6.09. The zero-order chi connectivity index (χ0) is 23.7. The van der Waals surface area contributed by atoms with Gasteiger partial charge in [0.25, 0.3) is 11.8 Å². The van der Waals surface area contributed by atoms with Gasteiger partial charge in [0.05, 0.1) is 0 Å². The number of benzene rings is 1. The number of aliphatic hydroxyl groups is 1. The van der Waals surface area contributed by atoms with Crippen molar-refractivity contribution in [3.05, 3.63) is 35.4 Å². The Kier molecular flexibility index (Phi) is 6.73. The summed E-state index contributed by atoms with van der Waals surface area (Å²) in [6.45, 7) is 6.15. The molecule has 2 aliphatic heterocycles. The normalized spacial score (nSPS) is 22.2. The summed E-state index contributed by atoms with van der Waals surface area (Å²) in [6, 6.07) is 2.63. The number of carbonyl (C=O) groups excluding carboxylic acids is 3. The van der Waals surface area contributed by atoms with E-state index in [9.17, 15) is 28.3 Å². The maximum absolute atomic E-state index is 13.3. The van der Waals surface area contributed by atoms with Crippen LogP contribution in [-0.4, -0.2) is 69.7 Å². The van der Waals surface area contributed by atoms with Gasteiger partial charge in [-0.1, -0.05) is 0 Å². The lowest BCUT2D eigenvalue weighted by Gasteiger charge is -2.37. The van der Waals surface area contributed by atoms with Crippen LogP contribution in [0.4, 0.5) is 13.6 Å². The number of nitrogens with one attached hydrogen (secondary N) is 1. The second-order valence-electron chi connectivity index (χ2n) is 9.27. The Balaban J connectivity index is 1.55. The van der Waals surface area contributed by atoms with Crippen molar-refractivity contribution in [2.24, 2.45) is 0 Å². The average Bonchev–Trinajstić information content (AvgIpc) is 3.00. The van der Waals surface area contributed by atoms with E-state index in [4.69, 9.17) is 4.74 Å². The maximum atomic E-state index is 13.3. The van der Waals surface area contributed by atoms with Gasteiger partial charge in [0.1, 0.15) is 17.2 Å². The lowest BCUT2D eigenvalue weighted by molar-refractivity contribution is -0.155. The molecule has 2 N–H and O–H groups in total. The Morgan fingerprint density at radius 3 is 2.31 bits per heavy atom. The number of halogens is 2. The van der Waals surface area contributed by atoms with Crippen molar-refractivity contribution in [2.45, 2.75) is 63.8 Å². The molecule has 0 unspecified atom stereocenters. The molecule has 0 aromatic heterocycles. The molecule has 3 rings (SSSR count). The molecule has 176 valence electrons. The minimum Gasteiger partial charge on any atom is -0.444 e. The zero-order valence-corrected chi connectivity index (χ0v) is 18.5. The van der Waals surface area contributed by atoms with E-state index in [-0.39, 0.29) is 31.1 Å². The predicted octanol–water partition coefficient (Wildman–Crippen LogP) is 1.94. The molecule has 0 radical (unpaired) electrons. The second kappa shape index (κ2) is 9.01. The molecule has 1 aromatic rings. The average molecular weight is 453 g/mol. The minimum atomic E-state index is -2.23. The number of carbonyl (C=O) groups is 3. The molecule has 3 amide bonds. The van der Waals surface area contributed by atoms with Gasteiger partial charge < -0.3 is 25.0 Å². The van der Waals surface area contributed by atoms with Crippen molar-refractivity contribution in [1.29, 1.82) is 0 Å². The van der Waals surface area contributed by atoms with Gasteiger partial charge in [-0.3, -0.25) is 9.59 Å². The molecule has 0 aliphatic carbocycles. The van der Waals surface area contributed by atoms with Crippen molar-refractivity contribution in [3.8, 4) is 0 Å². The van der Waals surface area contributed by atoms with Gasteiger partial charge in [-0.2, -0.15) is 0 Å². The summed E-state index contributed by atoms with van der Waals surface area (Å²) in [7, 11) is 0. The van der Waals surface area contributed by atoms with Crippen LogP contribution < -0.4 is 5.32 Å². The fraction of sp³-hybridized carbons (Fsp3) is 0.591. The molecule has 2 heterocycles. The van der Waals surface area contributed by atoms with Crippen molar-refractivity contribution in [1.82, 2.24) is 15.1 Å². The van der Waals surface area contributed by atoms with Crippen molar-refractivity contribution in [3.63, 3.8) is 0 Å². The van der Waals surface area contributed by atoms with Crippen LogP contribution in [0.15, 0.2) is 18.2 Å². The smallest absolute Gasteiger partial charge is 0.410 e.